The van der Waals surface area contributed by atoms with Gasteiger partial charge in [-0.2, -0.15) is 4.31 Å². The molecule has 170 valence electrons. The van der Waals surface area contributed by atoms with E-state index in [1.165, 1.54) is 4.31 Å². The Bertz CT molecular complexity index is 1250. The van der Waals surface area contributed by atoms with E-state index in [1.54, 1.807) is 55.8 Å². The molecule has 9 heteroatoms. The molecule has 2 heterocycles. The summed E-state index contributed by atoms with van der Waals surface area (Å²) < 4.78 is 40.6. The SMILES string of the molecule is COc1ccc2c(C(=O)O)cn([C@@H]3CCN(S(=O)(=O)c4ccc(OC(C)C)cc4)C3)c2c1. The predicted octanol–water partition coefficient (Wildman–Crippen LogP) is 3.77. The second-order valence-corrected chi connectivity index (χ2v) is 10.0. The number of rotatable bonds is 7. The highest BCUT2D eigenvalue weighted by atomic mass is 32.2. The molecule has 8 nitrogen and oxygen atoms in total. The fourth-order valence-electron chi connectivity index (χ4n) is 4.10. The quantitative estimate of drug-likeness (QED) is 0.579. The van der Waals surface area contributed by atoms with Crippen LogP contribution in [0.3, 0.4) is 0 Å². The van der Waals surface area contributed by atoms with Gasteiger partial charge in [0.2, 0.25) is 10.0 Å². The number of sulfonamides is 1. The Morgan fingerprint density at radius 3 is 2.44 bits per heavy atom. The monoisotopic (exact) mass is 458 g/mol. The van der Waals surface area contributed by atoms with Gasteiger partial charge >= 0.3 is 5.97 Å². The van der Waals surface area contributed by atoms with Gasteiger partial charge in [0.25, 0.3) is 0 Å². The Morgan fingerprint density at radius 1 is 1.12 bits per heavy atom. The van der Waals surface area contributed by atoms with Crippen molar-refractivity contribution in [3.8, 4) is 11.5 Å². The van der Waals surface area contributed by atoms with E-state index in [2.05, 4.69) is 0 Å². The molecule has 0 radical (unpaired) electrons. The maximum atomic E-state index is 13.2. The number of fused-ring (bicyclic) bond motifs is 1. The predicted molar refractivity (Wildman–Crippen MR) is 120 cm³/mol. The molecule has 0 aliphatic carbocycles. The molecule has 4 rings (SSSR count). The number of aromatic carboxylic acids is 1. The molecule has 3 aromatic rings. The summed E-state index contributed by atoms with van der Waals surface area (Å²) in [6.45, 7) is 4.42. The van der Waals surface area contributed by atoms with Crippen LogP contribution in [-0.2, 0) is 10.0 Å². The molecule has 0 spiro atoms. The number of carboxylic acids is 1. The molecule has 0 bridgehead atoms. The van der Waals surface area contributed by atoms with Gasteiger partial charge in [-0.15, -0.1) is 0 Å². The molecule has 0 unspecified atom stereocenters. The first-order chi connectivity index (χ1) is 15.2. The van der Waals surface area contributed by atoms with E-state index in [1.807, 2.05) is 18.4 Å². The molecule has 0 amide bonds. The van der Waals surface area contributed by atoms with Crippen molar-refractivity contribution in [2.45, 2.75) is 37.3 Å². The van der Waals surface area contributed by atoms with E-state index in [4.69, 9.17) is 9.47 Å². The smallest absolute Gasteiger partial charge is 0.337 e. The number of ether oxygens (including phenoxy) is 2. The van der Waals surface area contributed by atoms with Gasteiger partial charge in [0.1, 0.15) is 11.5 Å². The zero-order chi connectivity index (χ0) is 23.0. The zero-order valence-corrected chi connectivity index (χ0v) is 19.0. The van der Waals surface area contributed by atoms with E-state index in [-0.39, 0.29) is 29.1 Å². The Morgan fingerprint density at radius 2 is 1.81 bits per heavy atom. The van der Waals surface area contributed by atoms with Crippen molar-refractivity contribution in [3.05, 3.63) is 54.2 Å². The third-order valence-electron chi connectivity index (χ3n) is 5.62. The van der Waals surface area contributed by atoms with Crippen molar-refractivity contribution in [2.24, 2.45) is 0 Å². The van der Waals surface area contributed by atoms with Crippen LogP contribution in [0.1, 0.15) is 36.7 Å². The van der Waals surface area contributed by atoms with Gasteiger partial charge in [-0.25, -0.2) is 13.2 Å². The minimum absolute atomic E-state index is 0.00232. The number of hydrogen-bond acceptors (Lipinski definition) is 5. The third-order valence-corrected chi connectivity index (χ3v) is 7.50. The average molecular weight is 459 g/mol. The molecule has 1 fully saturated rings. The third kappa shape index (κ3) is 4.05. The first-order valence-electron chi connectivity index (χ1n) is 10.4. The van der Waals surface area contributed by atoms with Gasteiger partial charge in [-0.1, -0.05) is 0 Å². The van der Waals surface area contributed by atoms with Gasteiger partial charge in [-0.05, 0) is 56.7 Å². The van der Waals surface area contributed by atoms with Crippen LogP contribution in [0.15, 0.2) is 53.6 Å². The molecule has 32 heavy (non-hydrogen) atoms. The first-order valence-corrected chi connectivity index (χ1v) is 11.8. The number of hydrogen-bond donors (Lipinski definition) is 1. The second kappa shape index (κ2) is 8.48. The van der Waals surface area contributed by atoms with Crippen molar-refractivity contribution >= 4 is 26.9 Å². The Labute approximate surface area is 187 Å². The van der Waals surface area contributed by atoms with Crippen LogP contribution in [0.5, 0.6) is 11.5 Å². The van der Waals surface area contributed by atoms with Gasteiger partial charge in [0.15, 0.2) is 0 Å². The molecule has 1 aliphatic heterocycles. The van der Waals surface area contributed by atoms with Crippen molar-refractivity contribution in [3.63, 3.8) is 0 Å². The summed E-state index contributed by atoms with van der Waals surface area (Å²) >= 11 is 0. The van der Waals surface area contributed by atoms with Crippen LogP contribution in [0, 0.1) is 0 Å². The van der Waals surface area contributed by atoms with Gasteiger partial charge in [0, 0.05) is 36.8 Å². The average Bonchev–Trinajstić information content (AvgIpc) is 3.38. The Hall–Kier alpha value is -3.04. The van der Waals surface area contributed by atoms with E-state index < -0.39 is 16.0 Å². The number of benzene rings is 2. The molecule has 0 saturated carbocycles. The van der Waals surface area contributed by atoms with Crippen molar-refractivity contribution in [2.75, 3.05) is 20.2 Å². The lowest BCUT2D eigenvalue weighted by Crippen LogP contribution is -2.29. The fourth-order valence-corrected chi connectivity index (χ4v) is 5.59. The Balaban J connectivity index is 1.62. The van der Waals surface area contributed by atoms with Crippen molar-refractivity contribution in [1.82, 2.24) is 8.87 Å². The molecule has 1 saturated heterocycles. The molecule has 1 N–H and O–H groups in total. The maximum Gasteiger partial charge on any atom is 0.337 e. The van der Waals surface area contributed by atoms with E-state index in [9.17, 15) is 18.3 Å². The minimum Gasteiger partial charge on any atom is -0.497 e. The molecular formula is C23H26N2O6S. The summed E-state index contributed by atoms with van der Waals surface area (Å²) in [7, 11) is -2.13. The number of carboxylic acid groups (broad SMARTS) is 1. The lowest BCUT2D eigenvalue weighted by atomic mass is 10.1. The highest BCUT2D eigenvalue weighted by molar-refractivity contribution is 7.89. The van der Waals surface area contributed by atoms with Gasteiger partial charge in [-0.3, -0.25) is 0 Å². The van der Waals surface area contributed by atoms with Crippen LogP contribution in [-0.4, -0.2) is 54.7 Å². The number of nitrogens with zero attached hydrogens (tertiary/aromatic N) is 2. The van der Waals surface area contributed by atoms with E-state index >= 15 is 0 Å². The number of carbonyl (C=O) groups is 1. The number of aromatic nitrogens is 1. The maximum absolute atomic E-state index is 13.2. The van der Waals surface area contributed by atoms with Crippen LogP contribution < -0.4 is 9.47 Å². The van der Waals surface area contributed by atoms with Crippen LogP contribution in [0.4, 0.5) is 0 Å². The topological polar surface area (TPSA) is 98.1 Å². The summed E-state index contributed by atoms with van der Waals surface area (Å²) in [5, 5.41) is 10.2. The zero-order valence-electron chi connectivity index (χ0n) is 18.2. The van der Waals surface area contributed by atoms with Crippen molar-refractivity contribution in [1.29, 1.82) is 0 Å². The Kier molecular flexibility index (Phi) is 5.87. The summed E-state index contributed by atoms with van der Waals surface area (Å²) in [4.78, 5) is 11.9. The molecule has 1 atom stereocenters. The van der Waals surface area contributed by atoms with Crippen LogP contribution in [0.2, 0.25) is 0 Å². The summed E-state index contributed by atoms with van der Waals surface area (Å²) in [5.74, 6) is 0.206. The van der Waals surface area contributed by atoms with Gasteiger partial charge < -0.3 is 19.1 Å². The lowest BCUT2D eigenvalue weighted by Gasteiger charge is -2.18. The van der Waals surface area contributed by atoms with Crippen LogP contribution in [0.25, 0.3) is 10.9 Å². The standard InChI is InChI=1S/C23H26N2O6S/c1-15(2)31-17-4-7-19(8-5-17)32(28,29)24-11-10-16(13-24)25-14-21(23(26)27)20-9-6-18(30-3)12-22(20)25/h4-9,12,14-16H,10-11,13H2,1-3H3,(H,26,27)/t16-/m1/s1. The molecular weight excluding hydrogens is 432 g/mol. The minimum atomic E-state index is -3.68. The molecule has 1 aromatic heterocycles. The van der Waals surface area contributed by atoms with E-state index in [0.717, 1.165) is 0 Å². The molecule has 1 aliphatic rings. The van der Waals surface area contributed by atoms with E-state index in [0.29, 0.717) is 35.4 Å². The summed E-state index contributed by atoms with van der Waals surface area (Å²) in [6, 6.07) is 11.5. The number of methoxy groups -OCH3 is 1. The largest absolute Gasteiger partial charge is 0.497 e. The summed E-state index contributed by atoms with van der Waals surface area (Å²) in [6.07, 6.45) is 2.17. The summed E-state index contributed by atoms with van der Waals surface area (Å²) in [5.41, 5.74) is 0.894. The van der Waals surface area contributed by atoms with Gasteiger partial charge in [0.05, 0.1) is 29.2 Å². The van der Waals surface area contributed by atoms with Crippen LogP contribution >= 0.6 is 0 Å². The van der Waals surface area contributed by atoms with Crippen molar-refractivity contribution < 1.29 is 27.8 Å². The lowest BCUT2D eigenvalue weighted by molar-refractivity contribution is 0.0698. The second-order valence-electron chi connectivity index (χ2n) is 8.08. The first kappa shape index (κ1) is 22.2. The highest BCUT2D eigenvalue weighted by Gasteiger charge is 2.34. The normalized spacial score (nSPS) is 17.2. The highest BCUT2D eigenvalue weighted by Crippen LogP contribution is 2.34. The molecule has 2 aromatic carbocycles. The fraction of sp³-hybridized carbons (Fsp3) is 0.348.